The Morgan fingerprint density at radius 3 is 2.39 bits per heavy atom. The van der Waals surface area contributed by atoms with Crippen molar-refractivity contribution in [3.8, 4) is 0 Å². The lowest BCUT2D eigenvalue weighted by Crippen LogP contribution is -2.29. The van der Waals surface area contributed by atoms with Gasteiger partial charge in [0, 0.05) is 0 Å². The van der Waals surface area contributed by atoms with Crippen LogP contribution in [0, 0.1) is 21.7 Å². The molecule has 1 aromatic rings. The number of benzene rings is 1. The Kier molecular flexibility index (Phi) is 3.87. The van der Waals surface area contributed by atoms with Crippen LogP contribution in [-0.4, -0.2) is 28.5 Å². The molecule has 0 aliphatic heterocycles. The Morgan fingerprint density at radius 1 is 1.33 bits per heavy atom. The molecule has 0 aliphatic rings. The molecular weight excluding hydrogens is 254 g/mol. The van der Waals surface area contributed by atoms with Crippen molar-refractivity contribution in [2.75, 3.05) is 6.54 Å². The van der Waals surface area contributed by atoms with Gasteiger partial charge >= 0.3 is 5.97 Å². The van der Waals surface area contributed by atoms with Crippen molar-refractivity contribution >= 4 is 17.6 Å². The molecule has 0 unspecified atom stereocenters. The fraction of sp³-hybridized carbons (Fsp3) is 0.111. The molecular formula is C9H6F2N2O5. The van der Waals surface area contributed by atoms with E-state index < -0.39 is 46.2 Å². The van der Waals surface area contributed by atoms with E-state index in [9.17, 15) is 28.5 Å². The van der Waals surface area contributed by atoms with Gasteiger partial charge in [0.1, 0.15) is 12.1 Å². The minimum atomic E-state index is -1.48. The number of carbonyl (C=O) groups excluding carboxylic acids is 1. The van der Waals surface area contributed by atoms with Crippen LogP contribution in [0.2, 0.25) is 0 Å². The van der Waals surface area contributed by atoms with Crippen LogP contribution in [0.15, 0.2) is 12.1 Å². The summed E-state index contributed by atoms with van der Waals surface area (Å²) in [5, 5.41) is 20.7. The van der Waals surface area contributed by atoms with Crippen molar-refractivity contribution < 1.29 is 28.4 Å². The summed E-state index contributed by atoms with van der Waals surface area (Å²) in [7, 11) is 0. The van der Waals surface area contributed by atoms with Gasteiger partial charge < -0.3 is 10.4 Å². The van der Waals surface area contributed by atoms with Gasteiger partial charge in [-0.25, -0.2) is 8.78 Å². The number of amides is 1. The van der Waals surface area contributed by atoms with Gasteiger partial charge in [-0.05, 0) is 6.07 Å². The monoisotopic (exact) mass is 260 g/mol. The van der Waals surface area contributed by atoms with E-state index in [0.717, 1.165) is 0 Å². The maximum Gasteiger partial charge on any atom is 0.322 e. The molecule has 9 heteroatoms. The van der Waals surface area contributed by atoms with Gasteiger partial charge in [-0.1, -0.05) is 0 Å². The lowest BCUT2D eigenvalue weighted by Gasteiger charge is -2.04. The van der Waals surface area contributed by atoms with E-state index in [1.54, 1.807) is 0 Å². The van der Waals surface area contributed by atoms with Crippen molar-refractivity contribution in [3.05, 3.63) is 39.4 Å². The van der Waals surface area contributed by atoms with E-state index in [-0.39, 0.29) is 6.07 Å². The minimum Gasteiger partial charge on any atom is -0.480 e. The van der Waals surface area contributed by atoms with E-state index in [2.05, 4.69) is 0 Å². The molecule has 0 atom stereocenters. The van der Waals surface area contributed by atoms with Crippen LogP contribution in [0.5, 0.6) is 0 Å². The molecule has 96 valence electrons. The molecule has 0 fully saturated rings. The maximum atomic E-state index is 12.9. The molecule has 1 rings (SSSR count). The van der Waals surface area contributed by atoms with Crippen LogP contribution in [0.4, 0.5) is 14.5 Å². The first kappa shape index (κ1) is 13.5. The highest BCUT2D eigenvalue weighted by Crippen LogP contribution is 2.22. The van der Waals surface area contributed by atoms with E-state index in [4.69, 9.17) is 5.11 Å². The number of carboxylic acid groups (broad SMARTS) is 1. The average Bonchev–Trinajstić information content (AvgIpc) is 2.28. The quantitative estimate of drug-likeness (QED) is 0.611. The van der Waals surface area contributed by atoms with Gasteiger partial charge in [0.05, 0.1) is 11.0 Å². The van der Waals surface area contributed by atoms with Crippen molar-refractivity contribution in [2.24, 2.45) is 0 Å². The van der Waals surface area contributed by atoms with Crippen LogP contribution in [0.25, 0.3) is 0 Å². The summed E-state index contributed by atoms with van der Waals surface area (Å²) in [6.07, 6.45) is 0. The Morgan fingerprint density at radius 2 is 1.89 bits per heavy atom. The molecule has 1 amide bonds. The third-order valence-corrected chi connectivity index (χ3v) is 1.88. The molecule has 2 N–H and O–H groups in total. The number of nitrogens with one attached hydrogen (secondary N) is 1. The number of carbonyl (C=O) groups is 2. The lowest BCUT2D eigenvalue weighted by atomic mass is 10.1. The Hall–Kier alpha value is -2.58. The molecule has 1 aromatic carbocycles. The van der Waals surface area contributed by atoms with E-state index in [1.807, 2.05) is 5.32 Å². The molecule has 0 radical (unpaired) electrons. The first-order chi connectivity index (χ1) is 8.32. The highest BCUT2D eigenvalue weighted by molar-refractivity contribution is 5.99. The lowest BCUT2D eigenvalue weighted by molar-refractivity contribution is -0.385. The zero-order valence-corrected chi connectivity index (χ0v) is 8.65. The number of rotatable bonds is 4. The van der Waals surface area contributed by atoms with Crippen LogP contribution in [0.3, 0.4) is 0 Å². The number of nitrogens with zero attached hydrogens (tertiary/aromatic N) is 1. The Bertz CT molecular complexity index is 532. The number of aliphatic carboxylic acids is 1. The Balaban J connectivity index is 3.13. The topological polar surface area (TPSA) is 110 Å². The number of hydrogen-bond donors (Lipinski definition) is 2. The molecule has 0 bridgehead atoms. The first-order valence-corrected chi connectivity index (χ1v) is 4.46. The largest absolute Gasteiger partial charge is 0.480 e. The van der Waals surface area contributed by atoms with Gasteiger partial charge in [0.2, 0.25) is 0 Å². The number of halogens is 2. The molecule has 0 saturated heterocycles. The molecule has 18 heavy (non-hydrogen) atoms. The average molecular weight is 260 g/mol. The molecule has 0 aromatic heterocycles. The summed E-state index contributed by atoms with van der Waals surface area (Å²) in [5.41, 5.74) is -1.70. The third-order valence-electron chi connectivity index (χ3n) is 1.88. The summed E-state index contributed by atoms with van der Waals surface area (Å²) >= 11 is 0. The fourth-order valence-electron chi connectivity index (χ4n) is 1.12. The molecule has 0 heterocycles. The predicted octanol–water partition coefficient (Wildman–Crippen LogP) is 0.687. The van der Waals surface area contributed by atoms with E-state index in [1.165, 1.54) is 0 Å². The minimum absolute atomic E-state index is 0.255. The summed E-state index contributed by atoms with van der Waals surface area (Å²) in [4.78, 5) is 31.0. The standard InChI is InChI=1S/C9H6F2N2O5/c10-5-1-4(9(16)12-3-8(14)15)7(13(17)18)2-6(5)11/h1-2H,3H2,(H,12,16)(H,14,15). The molecule has 0 spiro atoms. The SMILES string of the molecule is O=C(O)CNC(=O)c1cc(F)c(F)cc1[N+](=O)[O-]. The second-order valence-corrected chi connectivity index (χ2v) is 3.12. The zero-order valence-electron chi connectivity index (χ0n) is 8.65. The van der Waals surface area contributed by atoms with Crippen molar-refractivity contribution in [1.29, 1.82) is 0 Å². The number of hydrogen-bond acceptors (Lipinski definition) is 4. The summed E-state index contributed by atoms with van der Waals surface area (Å²) < 4.78 is 25.7. The highest BCUT2D eigenvalue weighted by Gasteiger charge is 2.24. The summed E-state index contributed by atoms with van der Waals surface area (Å²) in [6.45, 7) is -0.797. The second kappa shape index (κ2) is 5.17. The van der Waals surface area contributed by atoms with Gasteiger partial charge in [0.15, 0.2) is 11.6 Å². The van der Waals surface area contributed by atoms with Crippen LogP contribution < -0.4 is 5.32 Å². The van der Waals surface area contributed by atoms with Gasteiger partial charge in [0.25, 0.3) is 11.6 Å². The summed E-state index contributed by atoms with van der Waals surface area (Å²) in [5.74, 6) is -5.48. The number of carboxylic acids is 1. The van der Waals surface area contributed by atoms with Gasteiger partial charge in [-0.2, -0.15) is 0 Å². The molecule has 0 aliphatic carbocycles. The number of nitro benzene ring substituents is 1. The van der Waals surface area contributed by atoms with Crippen LogP contribution >= 0.6 is 0 Å². The number of nitro groups is 1. The van der Waals surface area contributed by atoms with Crippen LogP contribution in [0.1, 0.15) is 10.4 Å². The van der Waals surface area contributed by atoms with Crippen molar-refractivity contribution in [3.63, 3.8) is 0 Å². The highest BCUT2D eigenvalue weighted by atomic mass is 19.2. The first-order valence-electron chi connectivity index (χ1n) is 4.46. The van der Waals surface area contributed by atoms with Gasteiger partial charge in [-0.3, -0.25) is 19.7 Å². The van der Waals surface area contributed by atoms with E-state index >= 15 is 0 Å². The Labute approximate surface area is 98.2 Å². The van der Waals surface area contributed by atoms with Crippen LogP contribution in [-0.2, 0) is 4.79 Å². The van der Waals surface area contributed by atoms with Crippen molar-refractivity contribution in [2.45, 2.75) is 0 Å². The van der Waals surface area contributed by atoms with E-state index in [0.29, 0.717) is 6.07 Å². The smallest absolute Gasteiger partial charge is 0.322 e. The predicted molar refractivity (Wildman–Crippen MR) is 53.0 cm³/mol. The zero-order chi connectivity index (χ0) is 13.9. The van der Waals surface area contributed by atoms with Crippen molar-refractivity contribution in [1.82, 2.24) is 5.32 Å². The second-order valence-electron chi connectivity index (χ2n) is 3.12. The molecule has 7 nitrogen and oxygen atoms in total. The fourth-order valence-corrected chi connectivity index (χ4v) is 1.12. The summed E-state index contributed by atoms with van der Waals surface area (Å²) in [6, 6.07) is 0.593. The molecule has 0 saturated carbocycles. The normalized spacial score (nSPS) is 9.89. The third kappa shape index (κ3) is 2.97. The van der Waals surface area contributed by atoms with Gasteiger partial charge in [-0.15, -0.1) is 0 Å². The maximum absolute atomic E-state index is 12.9.